The Balaban J connectivity index is 1.67. The summed E-state index contributed by atoms with van der Waals surface area (Å²) in [6.07, 6.45) is 2.05. The Morgan fingerprint density at radius 2 is 1.83 bits per heavy atom. The Labute approximate surface area is 176 Å². The van der Waals surface area contributed by atoms with Gasteiger partial charge in [0.1, 0.15) is 11.4 Å². The largest absolute Gasteiger partial charge is 0.493 e. The van der Waals surface area contributed by atoms with Crippen LogP contribution in [0.5, 0.6) is 17.2 Å². The summed E-state index contributed by atoms with van der Waals surface area (Å²) >= 11 is 0. The summed E-state index contributed by atoms with van der Waals surface area (Å²) in [5.74, 6) is 1.78. The highest BCUT2D eigenvalue weighted by Crippen LogP contribution is 2.29. The van der Waals surface area contributed by atoms with Crippen molar-refractivity contribution >= 4 is 5.91 Å². The van der Waals surface area contributed by atoms with Crippen LogP contribution in [0, 0.1) is 0 Å². The lowest BCUT2D eigenvalue weighted by Gasteiger charge is -2.10. The first-order valence-corrected chi connectivity index (χ1v) is 9.93. The van der Waals surface area contributed by atoms with E-state index in [9.17, 15) is 4.79 Å². The number of ether oxygens (including phenoxy) is 3. The first kappa shape index (κ1) is 21.2. The minimum Gasteiger partial charge on any atom is -0.493 e. The van der Waals surface area contributed by atoms with Crippen molar-refractivity contribution in [3.05, 3.63) is 59.8 Å². The molecule has 0 aliphatic heterocycles. The zero-order valence-corrected chi connectivity index (χ0v) is 17.5. The molecule has 0 aliphatic carbocycles. The number of methoxy groups -OCH3 is 2. The Morgan fingerprint density at radius 3 is 2.60 bits per heavy atom. The van der Waals surface area contributed by atoms with Gasteiger partial charge in [-0.3, -0.25) is 9.89 Å². The van der Waals surface area contributed by atoms with Gasteiger partial charge in [0.05, 0.1) is 26.5 Å². The van der Waals surface area contributed by atoms with Crippen LogP contribution < -0.4 is 19.5 Å². The number of amides is 1. The second kappa shape index (κ2) is 10.3. The third kappa shape index (κ3) is 5.11. The Hall–Kier alpha value is -3.48. The van der Waals surface area contributed by atoms with Gasteiger partial charge in [-0.25, -0.2) is 0 Å². The molecule has 7 nitrogen and oxygen atoms in total. The topological polar surface area (TPSA) is 85.5 Å². The van der Waals surface area contributed by atoms with E-state index in [1.54, 1.807) is 20.3 Å². The molecule has 3 rings (SSSR count). The monoisotopic (exact) mass is 409 g/mol. The van der Waals surface area contributed by atoms with Gasteiger partial charge in [0.2, 0.25) is 0 Å². The number of benzene rings is 2. The third-order valence-corrected chi connectivity index (χ3v) is 4.64. The number of nitrogens with zero attached hydrogens (tertiary/aromatic N) is 1. The van der Waals surface area contributed by atoms with Gasteiger partial charge in [-0.2, -0.15) is 5.10 Å². The minimum absolute atomic E-state index is 0.243. The van der Waals surface area contributed by atoms with Crippen LogP contribution in [0.1, 0.15) is 35.8 Å². The molecule has 3 aromatic rings. The molecule has 0 saturated heterocycles. The number of rotatable bonds is 10. The smallest absolute Gasteiger partial charge is 0.269 e. The summed E-state index contributed by atoms with van der Waals surface area (Å²) in [6, 6.07) is 14.9. The number of aromatic nitrogens is 2. The maximum atomic E-state index is 12.6. The molecule has 0 bridgehead atoms. The molecule has 0 atom stereocenters. The van der Waals surface area contributed by atoms with E-state index in [0.717, 1.165) is 29.7 Å². The zero-order valence-electron chi connectivity index (χ0n) is 17.5. The highest BCUT2D eigenvalue weighted by atomic mass is 16.5. The molecule has 0 saturated carbocycles. The molecule has 2 N–H and O–H groups in total. The maximum absolute atomic E-state index is 12.6. The second-order valence-corrected chi connectivity index (χ2v) is 6.74. The van der Waals surface area contributed by atoms with E-state index in [4.69, 9.17) is 14.2 Å². The molecular weight excluding hydrogens is 382 g/mol. The highest BCUT2D eigenvalue weighted by Gasteiger charge is 2.14. The molecule has 2 aromatic carbocycles. The number of hydrogen-bond donors (Lipinski definition) is 2. The van der Waals surface area contributed by atoms with Crippen molar-refractivity contribution < 1.29 is 19.0 Å². The van der Waals surface area contributed by atoms with Crippen LogP contribution >= 0.6 is 0 Å². The van der Waals surface area contributed by atoms with Crippen LogP contribution in [0.2, 0.25) is 0 Å². The van der Waals surface area contributed by atoms with Gasteiger partial charge in [0, 0.05) is 12.1 Å². The van der Waals surface area contributed by atoms with Crippen LogP contribution in [-0.2, 0) is 6.54 Å². The lowest BCUT2D eigenvalue weighted by atomic mass is 10.1. The van der Waals surface area contributed by atoms with Crippen molar-refractivity contribution in [3.63, 3.8) is 0 Å². The summed E-state index contributed by atoms with van der Waals surface area (Å²) < 4.78 is 16.4. The van der Waals surface area contributed by atoms with Crippen LogP contribution in [-0.4, -0.2) is 36.9 Å². The molecular formula is C23H27N3O4. The number of aromatic amines is 1. The van der Waals surface area contributed by atoms with E-state index in [0.29, 0.717) is 36.0 Å². The SMILES string of the molecule is CCCCOc1ccccc1-c1cc(C(=O)NCc2ccc(OC)c(OC)c2)[nH]n1. The van der Waals surface area contributed by atoms with Crippen molar-refractivity contribution in [1.29, 1.82) is 0 Å². The van der Waals surface area contributed by atoms with Crippen molar-refractivity contribution in [2.45, 2.75) is 26.3 Å². The molecule has 0 spiro atoms. The summed E-state index contributed by atoms with van der Waals surface area (Å²) in [5, 5.41) is 10.00. The molecule has 1 aromatic heterocycles. The third-order valence-electron chi connectivity index (χ3n) is 4.64. The first-order valence-electron chi connectivity index (χ1n) is 9.93. The van der Waals surface area contributed by atoms with E-state index >= 15 is 0 Å². The molecule has 30 heavy (non-hydrogen) atoms. The fraction of sp³-hybridized carbons (Fsp3) is 0.304. The summed E-state index contributed by atoms with van der Waals surface area (Å²) in [4.78, 5) is 12.6. The second-order valence-electron chi connectivity index (χ2n) is 6.74. The Morgan fingerprint density at radius 1 is 1.03 bits per heavy atom. The van der Waals surface area contributed by atoms with Crippen molar-refractivity contribution in [2.24, 2.45) is 0 Å². The van der Waals surface area contributed by atoms with Gasteiger partial charge in [0.15, 0.2) is 11.5 Å². The van der Waals surface area contributed by atoms with Gasteiger partial charge in [-0.05, 0) is 42.3 Å². The first-order chi connectivity index (χ1) is 14.7. The molecule has 0 fully saturated rings. The number of unbranched alkanes of at least 4 members (excludes halogenated alkanes) is 1. The van der Waals surface area contributed by atoms with E-state index in [1.807, 2.05) is 42.5 Å². The van der Waals surface area contributed by atoms with Gasteiger partial charge in [0.25, 0.3) is 5.91 Å². The lowest BCUT2D eigenvalue weighted by molar-refractivity contribution is 0.0946. The highest BCUT2D eigenvalue weighted by molar-refractivity contribution is 5.93. The summed E-state index contributed by atoms with van der Waals surface area (Å²) in [7, 11) is 3.16. The predicted octanol–water partition coefficient (Wildman–Crippen LogP) is 4.20. The van der Waals surface area contributed by atoms with Gasteiger partial charge >= 0.3 is 0 Å². The summed E-state index contributed by atoms with van der Waals surface area (Å²) in [5.41, 5.74) is 2.80. The quantitative estimate of drug-likeness (QED) is 0.490. The van der Waals surface area contributed by atoms with Crippen molar-refractivity contribution in [1.82, 2.24) is 15.5 Å². The fourth-order valence-electron chi connectivity index (χ4n) is 2.97. The number of H-pyrrole nitrogens is 1. The van der Waals surface area contributed by atoms with E-state index in [-0.39, 0.29) is 5.91 Å². The molecule has 7 heteroatoms. The summed E-state index contributed by atoms with van der Waals surface area (Å²) in [6.45, 7) is 3.12. The predicted molar refractivity (Wildman–Crippen MR) is 115 cm³/mol. The number of carbonyl (C=O) groups is 1. The number of para-hydroxylation sites is 1. The van der Waals surface area contributed by atoms with Crippen molar-refractivity contribution in [2.75, 3.05) is 20.8 Å². The van der Waals surface area contributed by atoms with Crippen LogP contribution in [0.3, 0.4) is 0 Å². The van der Waals surface area contributed by atoms with E-state index < -0.39 is 0 Å². The minimum atomic E-state index is -0.243. The molecule has 0 radical (unpaired) electrons. The molecule has 0 aliphatic rings. The fourth-order valence-corrected chi connectivity index (χ4v) is 2.97. The van der Waals surface area contributed by atoms with Crippen LogP contribution in [0.4, 0.5) is 0 Å². The van der Waals surface area contributed by atoms with Crippen LogP contribution in [0.15, 0.2) is 48.5 Å². The van der Waals surface area contributed by atoms with E-state index in [1.165, 1.54) is 0 Å². The van der Waals surface area contributed by atoms with Crippen LogP contribution in [0.25, 0.3) is 11.3 Å². The Bertz CT molecular complexity index is 984. The van der Waals surface area contributed by atoms with Gasteiger partial charge in [-0.15, -0.1) is 0 Å². The average Bonchev–Trinajstić information content (AvgIpc) is 3.28. The zero-order chi connectivity index (χ0) is 21.3. The molecule has 158 valence electrons. The standard InChI is InChI=1S/C23H27N3O4/c1-4-5-12-30-20-9-7-6-8-17(20)18-14-19(26-25-18)23(27)24-15-16-10-11-21(28-2)22(13-16)29-3/h6-11,13-14H,4-5,12,15H2,1-3H3,(H,24,27)(H,25,26). The van der Waals surface area contributed by atoms with E-state index in [2.05, 4.69) is 22.4 Å². The number of carbonyl (C=O) groups excluding carboxylic acids is 1. The lowest BCUT2D eigenvalue weighted by Crippen LogP contribution is -2.23. The molecule has 0 unspecified atom stereocenters. The number of nitrogens with one attached hydrogen (secondary N) is 2. The van der Waals surface area contributed by atoms with Gasteiger partial charge < -0.3 is 19.5 Å². The maximum Gasteiger partial charge on any atom is 0.269 e. The molecule has 1 amide bonds. The number of hydrogen-bond acceptors (Lipinski definition) is 5. The normalized spacial score (nSPS) is 10.5. The van der Waals surface area contributed by atoms with Gasteiger partial charge in [-0.1, -0.05) is 31.5 Å². The Kier molecular flexibility index (Phi) is 7.32. The van der Waals surface area contributed by atoms with Crippen molar-refractivity contribution in [3.8, 4) is 28.5 Å². The average molecular weight is 409 g/mol. The molecule has 1 heterocycles.